The molecule has 6 heteroatoms. The maximum Gasteiger partial charge on any atom is 0.303 e. The average molecular weight is 223 g/mol. The van der Waals surface area contributed by atoms with Crippen molar-refractivity contribution in [3.8, 4) is 0 Å². The van der Waals surface area contributed by atoms with E-state index in [0.717, 1.165) is 0 Å². The van der Waals surface area contributed by atoms with Gasteiger partial charge in [-0.1, -0.05) is 6.92 Å². The van der Waals surface area contributed by atoms with E-state index in [1.54, 1.807) is 13.0 Å². The van der Waals surface area contributed by atoms with E-state index in [1.807, 2.05) is 0 Å². The number of carboxylic acid groups (broad SMARTS) is 1. The first-order valence-corrected chi connectivity index (χ1v) is 4.86. The fourth-order valence-corrected chi connectivity index (χ4v) is 1.23. The first-order valence-electron chi connectivity index (χ1n) is 4.86. The molecule has 0 spiro atoms. The molecule has 6 nitrogen and oxygen atoms in total. The van der Waals surface area contributed by atoms with E-state index in [4.69, 9.17) is 5.11 Å². The lowest BCUT2D eigenvalue weighted by atomic mass is 10.0. The third-order valence-electron chi connectivity index (χ3n) is 1.87. The third-order valence-corrected chi connectivity index (χ3v) is 1.87. The van der Waals surface area contributed by atoms with Crippen LogP contribution in [0.3, 0.4) is 0 Å². The van der Waals surface area contributed by atoms with Crippen LogP contribution in [0.15, 0.2) is 18.5 Å². The maximum absolute atomic E-state index is 11.4. The van der Waals surface area contributed by atoms with Crippen LogP contribution >= 0.6 is 0 Å². The van der Waals surface area contributed by atoms with Gasteiger partial charge in [0.15, 0.2) is 0 Å². The molecule has 1 aromatic heterocycles. The summed E-state index contributed by atoms with van der Waals surface area (Å²) < 4.78 is 0. The lowest BCUT2D eigenvalue weighted by Crippen LogP contribution is -2.18. The summed E-state index contributed by atoms with van der Waals surface area (Å²) in [6.45, 7) is 1.71. The smallest absolute Gasteiger partial charge is 0.303 e. The predicted molar refractivity (Wildman–Crippen MR) is 56.7 cm³/mol. The van der Waals surface area contributed by atoms with Crippen LogP contribution in [0.5, 0.6) is 0 Å². The minimum absolute atomic E-state index is 0.0247. The van der Waals surface area contributed by atoms with E-state index in [1.165, 1.54) is 12.4 Å². The Hall–Kier alpha value is -1.98. The van der Waals surface area contributed by atoms with Gasteiger partial charge in [0.2, 0.25) is 11.9 Å². The number of hydrogen-bond donors (Lipinski definition) is 2. The van der Waals surface area contributed by atoms with Gasteiger partial charge in [-0.2, -0.15) is 0 Å². The van der Waals surface area contributed by atoms with Crippen molar-refractivity contribution in [2.75, 3.05) is 5.32 Å². The second-order valence-corrected chi connectivity index (χ2v) is 3.53. The number of aromatic nitrogens is 2. The van der Waals surface area contributed by atoms with Gasteiger partial charge < -0.3 is 5.11 Å². The molecule has 16 heavy (non-hydrogen) atoms. The minimum Gasteiger partial charge on any atom is -0.481 e. The van der Waals surface area contributed by atoms with Crippen LogP contribution in [0.2, 0.25) is 0 Å². The number of amides is 1. The summed E-state index contributed by atoms with van der Waals surface area (Å²) in [5.41, 5.74) is 0. The van der Waals surface area contributed by atoms with E-state index in [9.17, 15) is 9.59 Å². The first-order chi connectivity index (χ1) is 7.58. The number of nitrogens with one attached hydrogen (secondary N) is 1. The molecule has 0 aromatic carbocycles. The molecule has 0 bridgehead atoms. The third kappa shape index (κ3) is 4.50. The Balaban J connectivity index is 2.39. The Labute approximate surface area is 92.7 Å². The van der Waals surface area contributed by atoms with Crippen molar-refractivity contribution in [3.05, 3.63) is 18.5 Å². The summed E-state index contributed by atoms with van der Waals surface area (Å²) in [5.74, 6) is -1.16. The van der Waals surface area contributed by atoms with Crippen molar-refractivity contribution in [2.45, 2.75) is 19.8 Å². The van der Waals surface area contributed by atoms with E-state index in [0.29, 0.717) is 0 Å². The molecule has 1 heterocycles. The van der Waals surface area contributed by atoms with Crippen molar-refractivity contribution >= 4 is 17.8 Å². The van der Waals surface area contributed by atoms with Crippen LogP contribution < -0.4 is 5.32 Å². The number of nitrogens with zero attached hydrogens (tertiary/aromatic N) is 2. The summed E-state index contributed by atoms with van der Waals surface area (Å²) >= 11 is 0. The predicted octanol–water partition coefficient (Wildman–Crippen LogP) is 0.916. The highest BCUT2D eigenvalue weighted by atomic mass is 16.4. The van der Waals surface area contributed by atoms with Gasteiger partial charge in [-0.05, 0) is 12.0 Å². The highest BCUT2D eigenvalue weighted by Crippen LogP contribution is 2.08. The average Bonchev–Trinajstić information content (AvgIpc) is 2.17. The van der Waals surface area contributed by atoms with Gasteiger partial charge in [0, 0.05) is 25.2 Å². The van der Waals surface area contributed by atoms with Gasteiger partial charge >= 0.3 is 5.97 Å². The zero-order chi connectivity index (χ0) is 12.0. The number of carbonyl (C=O) groups is 2. The van der Waals surface area contributed by atoms with Crippen molar-refractivity contribution < 1.29 is 14.7 Å². The lowest BCUT2D eigenvalue weighted by molar-refractivity contribution is -0.138. The maximum atomic E-state index is 11.4. The largest absolute Gasteiger partial charge is 0.481 e. The van der Waals surface area contributed by atoms with Crippen molar-refractivity contribution in [1.29, 1.82) is 0 Å². The molecule has 1 unspecified atom stereocenters. The number of carboxylic acids is 1. The van der Waals surface area contributed by atoms with Crippen molar-refractivity contribution in [1.82, 2.24) is 9.97 Å². The second-order valence-electron chi connectivity index (χ2n) is 3.53. The zero-order valence-corrected chi connectivity index (χ0v) is 8.88. The molecule has 0 radical (unpaired) electrons. The van der Waals surface area contributed by atoms with Crippen LogP contribution in [0.4, 0.5) is 5.95 Å². The lowest BCUT2D eigenvalue weighted by Gasteiger charge is -2.07. The molecular weight excluding hydrogens is 210 g/mol. The zero-order valence-electron chi connectivity index (χ0n) is 8.88. The number of carbonyl (C=O) groups excluding carboxylic acids is 1. The molecular formula is C10H13N3O3. The summed E-state index contributed by atoms with van der Waals surface area (Å²) in [4.78, 5) is 29.5. The summed E-state index contributed by atoms with van der Waals surface area (Å²) in [5, 5.41) is 11.0. The van der Waals surface area contributed by atoms with Gasteiger partial charge in [0.25, 0.3) is 0 Å². The Kier molecular flexibility index (Phi) is 4.38. The highest BCUT2D eigenvalue weighted by Gasteiger charge is 2.13. The number of aliphatic carboxylic acids is 1. The second kappa shape index (κ2) is 5.79. The van der Waals surface area contributed by atoms with Gasteiger partial charge in [-0.15, -0.1) is 0 Å². The van der Waals surface area contributed by atoms with E-state index in [2.05, 4.69) is 15.3 Å². The van der Waals surface area contributed by atoms with Crippen LogP contribution in [0.1, 0.15) is 19.8 Å². The molecule has 0 fully saturated rings. The van der Waals surface area contributed by atoms with E-state index < -0.39 is 5.97 Å². The van der Waals surface area contributed by atoms with Crippen LogP contribution in [-0.4, -0.2) is 27.0 Å². The van der Waals surface area contributed by atoms with E-state index >= 15 is 0 Å². The molecule has 0 aliphatic heterocycles. The van der Waals surface area contributed by atoms with Crippen molar-refractivity contribution in [3.63, 3.8) is 0 Å². The van der Waals surface area contributed by atoms with E-state index in [-0.39, 0.29) is 30.6 Å². The van der Waals surface area contributed by atoms with Gasteiger partial charge in [-0.3, -0.25) is 14.9 Å². The Morgan fingerprint density at radius 1 is 1.38 bits per heavy atom. The SMILES string of the molecule is CC(CC(=O)O)CC(=O)Nc1ncccn1. The highest BCUT2D eigenvalue weighted by molar-refractivity contribution is 5.89. The van der Waals surface area contributed by atoms with Crippen LogP contribution in [-0.2, 0) is 9.59 Å². The molecule has 0 aliphatic rings. The minimum atomic E-state index is -0.906. The number of rotatable bonds is 5. The summed E-state index contributed by atoms with van der Waals surface area (Å²) in [7, 11) is 0. The number of hydrogen-bond acceptors (Lipinski definition) is 4. The summed E-state index contributed by atoms with van der Waals surface area (Å²) in [6, 6.07) is 1.64. The van der Waals surface area contributed by atoms with Gasteiger partial charge in [0.1, 0.15) is 0 Å². The topological polar surface area (TPSA) is 92.2 Å². The molecule has 1 amide bonds. The molecule has 86 valence electrons. The first kappa shape index (κ1) is 12.1. The van der Waals surface area contributed by atoms with Gasteiger partial charge in [0.05, 0.1) is 0 Å². The summed E-state index contributed by atoms with van der Waals surface area (Å²) in [6.07, 6.45) is 3.15. The molecule has 1 aromatic rings. The molecule has 2 N–H and O–H groups in total. The molecule has 0 aliphatic carbocycles. The van der Waals surface area contributed by atoms with Gasteiger partial charge in [-0.25, -0.2) is 9.97 Å². The fraction of sp³-hybridized carbons (Fsp3) is 0.400. The standard InChI is InChI=1S/C10H13N3O3/c1-7(6-9(15)16)5-8(14)13-10-11-3-2-4-12-10/h2-4,7H,5-6H2,1H3,(H,15,16)(H,11,12,13,14). The normalized spacial score (nSPS) is 11.8. The fourth-order valence-electron chi connectivity index (χ4n) is 1.23. The Morgan fingerprint density at radius 3 is 2.56 bits per heavy atom. The monoisotopic (exact) mass is 223 g/mol. The quantitative estimate of drug-likeness (QED) is 0.774. The molecule has 1 rings (SSSR count). The van der Waals surface area contributed by atoms with Crippen molar-refractivity contribution in [2.24, 2.45) is 5.92 Å². The molecule has 0 saturated carbocycles. The molecule has 0 saturated heterocycles. The van der Waals surface area contributed by atoms with Crippen LogP contribution in [0.25, 0.3) is 0 Å². The van der Waals surface area contributed by atoms with Crippen LogP contribution in [0, 0.1) is 5.92 Å². The Morgan fingerprint density at radius 2 is 2.00 bits per heavy atom. The number of anilines is 1. The Bertz CT molecular complexity index is 367. The molecule has 1 atom stereocenters.